The van der Waals surface area contributed by atoms with Crippen molar-refractivity contribution in [1.82, 2.24) is 9.80 Å². The summed E-state index contributed by atoms with van der Waals surface area (Å²) in [4.78, 5) is 43.1. The van der Waals surface area contributed by atoms with Crippen LogP contribution >= 0.6 is 11.3 Å². The van der Waals surface area contributed by atoms with E-state index in [0.29, 0.717) is 42.7 Å². The molecule has 1 aromatic heterocycles. The Kier molecular flexibility index (Phi) is 4.71. The average Bonchev–Trinajstić information content (AvgIpc) is 3.35. The number of nitrogens with zero attached hydrogens (tertiary/aromatic N) is 2. The summed E-state index contributed by atoms with van der Waals surface area (Å²) in [5, 5.41) is 2.06. The van der Waals surface area contributed by atoms with E-state index >= 15 is 0 Å². The lowest BCUT2D eigenvalue weighted by molar-refractivity contribution is 0.0655. The molecule has 0 N–H and O–H groups in total. The molecule has 5 rings (SSSR count). The third-order valence-electron chi connectivity index (χ3n) is 5.78. The maximum absolute atomic E-state index is 13.0. The Bertz CT molecular complexity index is 1150. The minimum absolute atomic E-state index is 0.0994. The van der Waals surface area contributed by atoms with Gasteiger partial charge in [-0.25, -0.2) is 0 Å². The molecule has 150 valence electrons. The van der Waals surface area contributed by atoms with Crippen LogP contribution in [0.1, 0.15) is 47.1 Å². The second-order valence-electron chi connectivity index (χ2n) is 7.60. The summed E-state index contributed by atoms with van der Waals surface area (Å²) >= 11 is 1.73. The summed E-state index contributed by atoms with van der Waals surface area (Å²) in [7, 11) is 0. The first kappa shape index (κ1) is 18.8. The van der Waals surface area contributed by atoms with Crippen molar-refractivity contribution in [3.8, 4) is 0 Å². The van der Waals surface area contributed by atoms with Crippen molar-refractivity contribution in [3.05, 3.63) is 92.7 Å². The summed E-state index contributed by atoms with van der Waals surface area (Å²) in [5.41, 5.74) is 3.43. The molecule has 3 amide bonds. The van der Waals surface area contributed by atoms with Gasteiger partial charge < -0.3 is 4.90 Å². The Labute approximate surface area is 178 Å². The molecule has 0 bridgehead atoms. The smallest absolute Gasteiger partial charge is 0.261 e. The number of fused-ring (bicyclic) bond motifs is 2. The van der Waals surface area contributed by atoms with Crippen LogP contribution in [0.4, 0.5) is 0 Å². The van der Waals surface area contributed by atoms with Gasteiger partial charge in [-0.1, -0.05) is 30.3 Å². The van der Waals surface area contributed by atoms with Gasteiger partial charge in [0.2, 0.25) is 0 Å². The topological polar surface area (TPSA) is 57.7 Å². The summed E-state index contributed by atoms with van der Waals surface area (Å²) in [6.45, 7) is 1.58. The fraction of sp³-hybridized carbons (Fsp3) is 0.208. The number of hydrogen-bond donors (Lipinski definition) is 0. The van der Waals surface area contributed by atoms with Crippen LogP contribution in [0.3, 0.4) is 0 Å². The van der Waals surface area contributed by atoms with Crippen molar-refractivity contribution in [2.24, 2.45) is 0 Å². The van der Waals surface area contributed by atoms with Crippen LogP contribution in [0.5, 0.6) is 0 Å². The third-order valence-corrected chi connectivity index (χ3v) is 6.80. The van der Waals surface area contributed by atoms with E-state index in [9.17, 15) is 14.4 Å². The van der Waals surface area contributed by atoms with E-state index in [-0.39, 0.29) is 17.7 Å². The molecule has 3 heterocycles. The molecule has 0 saturated heterocycles. The highest BCUT2D eigenvalue weighted by Crippen LogP contribution is 2.28. The minimum atomic E-state index is -0.320. The average molecular weight is 417 g/mol. The van der Waals surface area contributed by atoms with Crippen molar-refractivity contribution < 1.29 is 14.4 Å². The molecule has 2 aliphatic heterocycles. The number of carbonyl (C=O) groups excluding carboxylic acids is 3. The molecular weight excluding hydrogens is 396 g/mol. The van der Waals surface area contributed by atoms with E-state index in [4.69, 9.17) is 0 Å². The SMILES string of the molecule is O=C(c1ccc2c(c1)C(=O)N(CCc1ccccc1)C2=O)N1CCc2sccc2C1. The second-order valence-corrected chi connectivity index (χ2v) is 8.60. The normalized spacial score (nSPS) is 15.3. The highest BCUT2D eigenvalue weighted by Gasteiger charge is 2.36. The molecule has 0 atom stereocenters. The van der Waals surface area contributed by atoms with E-state index in [1.165, 1.54) is 15.3 Å². The Morgan fingerprint density at radius 1 is 0.967 bits per heavy atom. The number of rotatable bonds is 4. The van der Waals surface area contributed by atoms with Crippen LogP contribution in [0.25, 0.3) is 0 Å². The van der Waals surface area contributed by atoms with Gasteiger partial charge in [0.1, 0.15) is 0 Å². The molecule has 5 nitrogen and oxygen atoms in total. The molecule has 6 heteroatoms. The number of benzene rings is 2. The van der Waals surface area contributed by atoms with Gasteiger partial charge in [0, 0.05) is 30.1 Å². The molecule has 30 heavy (non-hydrogen) atoms. The Hall–Kier alpha value is -3.25. The first-order valence-electron chi connectivity index (χ1n) is 10.0. The highest BCUT2D eigenvalue weighted by molar-refractivity contribution is 7.10. The number of imide groups is 1. The van der Waals surface area contributed by atoms with Gasteiger partial charge in [-0.2, -0.15) is 0 Å². The van der Waals surface area contributed by atoms with Crippen LogP contribution in [0.15, 0.2) is 60.0 Å². The van der Waals surface area contributed by atoms with E-state index in [1.807, 2.05) is 35.2 Å². The molecule has 0 spiro atoms. The summed E-state index contributed by atoms with van der Waals surface area (Å²) in [6.07, 6.45) is 1.46. The highest BCUT2D eigenvalue weighted by atomic mass is 32.1. The van der Waals surface area contributed by atoms with Gasteiger partial charge >= 0.3 is 0 Å². The fourth-order valence-electron chi connectivity index (χ4n) is 4.12. The molecule has 0 saturated carbocycles. The molecule has 0 unspecified atom stereocenters. The van der Waals surface area contributed by atoms with Gasteiger partial charge in [-0.3, -0.25) is 19.3 Å². The molecule has 2 aliphatic rings. The monoisotopic (exact) mass is 416 g/mol. The van der Waals surface area contributed by atoms with Crippen molar-refractivity contribution in [2.75, 3.05) is 13.1 Å². The van der Waals surface area contributed by atoms with Crippen molar-refractivity contribution in [1.29, 1.82) is 0 Å². The molecule has 3 aromatic rings. The number of carbonyl (C=O) groups is 3. The first-order valence-corrected chi connectivity index (χ1v) is 10.9. The van der Waals surface area contributed by atoms with Crippen LogP contribution in [0, 0.1) is 0 Å². The molecule has 0 fully saturated rings. The summed E-state index contributed by atoms with van der Waals surface area (Å²) in [6, 6.07) is 16.7. The molecular formula is C24H20N2O3S. The van der Waals surface area contributed by atoms with E-state index in [1.54, 1.807) is 29.5 Å². The Morgan fingerprint density at radius 3 is 2.60 bits per heavy atom. The lowest BCUT2D eigenvalue weighted by Crippen LogP contribution is -2.35. The molecule has 2 aromatic carbocycles. The summed E-state index contributed by atoms with van der Waals surface area (Å²) < 4.78 is 0. The number of thiophene rings is 1. The second kappa shape index (κ2) is 7.54. The van der Waals surface area contributed by atoms with E-state index in [2.05, 4.69) is 11.4 Å². The predicted molar refractivity (Wildman–Crippen MR) is 115 cm³/mol. The zero-order chi connectivity index (χ0) is 20.7. The standard InChI is InChI=1S/C24H20N2O3S/c27-22(25-11-9-21-18(15-25)10-13-30-21)17-6-7-19-20(14-17)24(29)26(23(19)28)12-8-16-4-2-1-3-5-16/h1-7,10,13-14H,8-9,11-12,15H2. The van der Waals surface area contributed by atoms with Gasteiger partial charge in [0.05, 0.1) is 11.1 Å². The van der Waals surface area contributed by atoms with Crippen molar-refractivity contribution >= 4 is 29.1 Å². The molecule has 0 radical (unpaired) electrons. The van der Waals surface area contributed by atoms with Gasteiger partial charge in [0.25, 0.3) is 17.7 Å². The van der Waals surface area contributed by atoms with E-state index < -0.39 is 0 Å². The van der Waals surface area contributed by atoms with Crippen LogP contribution in [-0.2, 0) is 19.4 Å². The zero-order valence-electron chi connectivity index (χ0n) is 16.3. The van der Waals surface area contributed by atoms with Gasteiger partial charge in [-0.05, 0) is 53.6 Å². The summed E-state index contributed by atoms with van der Waals surface area (Å²) in [5.74, 6) is -0.706. The van der Waals surface area contributed by atoms with Gasteiger partial charge in [-0.15, -0.1) is 11.3 Å². The fourth-order valence-corrected chi connectivity index (χ4v) is 5.01. The Morgan fingerprint density at radius 2 is 1.77 bits per heavy atom. The predicted octanol–water partition coefficient (Wildman–Crippen LogP) is 3.79. The van der Waals surface area contributed by atoms with Crippen LogP contribution in [0.2, 0.25) is 0 Å². The van der Waals surface area contributed by atoms with E-state index in [0.717, 1.165) is 12.0 Å². The maximum atomic E-state index is 13.0. The quantitative estimate of drug-likeness (QED) is 0.608. The lowest BCUT2D eigenvalue weighted by atomic mass is 10.0. The largest absolute Gasteiger partial charge is 0.334 e. The lowest BCUT2D eigenvalue weighted by Gasteiger charge is -2.27. The van der Waals surface area contributed by atoms with Crippen molar-refractivity contribution in [3.63, 3.8) is 0 Å². The number of amides is 3. The third kappa shape index (κ3) is 3.23. The van der Waals surface area contributed by atoms with Crippen molar-refractivity contribution in [2.45, 2.75) is 19.4 Å². The molecule has 0 aliphatic carbocycles. The van der Waals surface area contributed by atoms with Gasteiger partial charge in [0.15, 0.2) is 0 Å². The Balaban J connectivity index is 1.34. The zero-order valence-corrected chi connectivity index (χ0v) is 17.2. The maximum Gasteiger partial charge on any atom is 0.261 e. The van der Waals surface area contributed by atoms with Crippen LogP contribution < -0.4 is 0 Å². The van der Waals surface area contributed by atoms with Crippen LogP contribution in [-0.4, -0.2) is 40.6 Å². The minimum Gasteiger partial charge on any atom is -0.334 e. The number of hydrogen-bond acceptors (Lipinski definition) is 4. The first-order chi connectivity index (χ1) is 14.6.